The van der Waals surface area contributed by atoms with Crippen LogP contribution in [0.2, 0.25) is 0 Å². The first kappa shape index (κ1) is 13.3. The lowest BCUT2D eigenvalue weighted by Crippen LogP contribution is -2.30. The molecular weight excluding hydrogens is 268 g/mol. The predicted molar refractivity (Wildman–Crippen MR) is 77.4 cm³/mol. The van der Waals surface area contributed by atoms with Gasteiger partial charge in [0.2, 0.25) is 5.91 Å². The largest absolute Gasteiger partial charge is 0.478 e. The molecule has 1 aromatic heterocycles. The van der Waals surface area contributed by atoms with Crippen LogP contribution in [-0.4, -0.2) is 28.5 Å². The molecule has 5 nitrogen and oxygen atoms in total. The summed E-state index contributed by atoms with van der Waals surface area (Å²) in [7, 11) is 0. The van der Waals surface area contributed by atoms with Crippen LogP contribution in [0.25, 0.3) is 0 Å². The Hall–Kier alpha value is -2.69. The molecule has 106 valence electrons. The fourth-order valence-corrected chi connectivity index (χ4v) is 2.55. The second-order valence-corrected chi connectivity index (χ2v) is 4.94. The molecule has 0 radical (unpaired) electrons. The second-order valence-electron chi connectivity index (χ2n) is 4.94. The molecule has 0 fully saturated rings. The fraction of sp³-hybridized carbons (Fsp3) is 0.188. The number of hydrogen-bond acceptors (Lipinski definition) is 3. The van der Waals surface area contributed by atoms with E-state index in [0.29, 0.717) is 13.0 Å². The third kappa shape index (κ3) is 2.63. The maximum Gasteiger partial charge on any atom is 0.335 e. The zero-order valence-electron chi connectivity index (χ0n) is 11.3. The summed E-state index contributed by atoms with van der Waals surface area (Å²) in [5.74, 6) is -0.966. The summed E-state index contributed by atoms with van der Waals surface area (Å²) < 4.78 is 0. The van der Waals surface area contributed by atoms with E-state index in [0.717, 1.165) is 16.9 Å². The maximum absolute atomic E-state index is 12.4. The van der Waals surface area contributed by atoms with Gasteiger partial charge < -0.3 is 10.0 Å². The topological polar surface area (TPSA) is 70.5 Å². The van der Waals surface area contributed by atoms with Gasteiger partial charge in [-0.05, 0) is 42.3 Å². The molecule has 0 unspecified atom stereocenters. The summed E-state index contributed by atoms with van der Waals surface area (Å²) in [5, 5.41) is 9.00. The van der Waals surface area contributed by atoms with Crippen LogP contribution in [-0.2, 0) is 17.6 Å². The van der Waals surface area contributed by atoms with Gasteiger partial charge in [0, 0.05) is 24.1 Å². The van der Waals surface area contributed by atoms with Crippen molar-refractivity contribution in [3.8, 4) is 0 Å². The lowest BCUT2D eigenvalue weighted by atomic mass is 10.1. The van der Waals surface area contributed by atoms with E-state index in [1.54, 1.807) is 23.2 Å². The number of aromatic carboxylic acids is 1. The van der Waals surface area contributed by atoms with Crippen LogP contribution >= 0.6 is 0 Å². The smallest absolute Gasteiger partial charge is 0.335 e. The van der Waals surface area contributed by atoms with Crippen LogP contribution < -0.4 is 4.90 Å². The molecule has 1 aliphatic heterocycles. The summed E-state index contributed by atoms with van der Waals surface area (Å²) in [6, 6.07) is 10.4. The van der Waals surface area contributed by atoms with Crippen LogP contribution in [0.3, 0.4) is 0 Å². The number of carbonyl (C=O) groups is 2. The van der Waals surface area contributed by atoms with Crippen LogP contribution in [0.5, 0.6) is 0 Å². The highest BCUT2D eigenvalue weighted by atomic mass is 16.4. The Kier molecular flexibility index (Phi) is 3.39. The van der Waals surface area contributed by atoms with Crippen molar-refractivity contribution in [1.29, 1.82) is 0 Å². The lowest BCUT2D eigenvalue weighted by Gasteiger charge is -2.17. The number of fused-ring (bicyclic) bond motifs is 1. The van der Waals surface area contributed by atoms with E-state index in [1.165, 1.54) is 6.07 Å². The monoisotopic (exact) mass is 282 g/mol. The third-order valence-electron chi connectivity index (χ3n) is 3.58. The number of hydrogen-bond donors (Lipinski definition) is 1. The van der Waals surface area contributed by atoms with Crippen LogP contribution in [0.4, 0.5) is 5.69 Å². The lowest BCUT2D eigenvalue weighted by molar-refractivity contribution is -0.117. The molecule has 0 aliphatic carbocycles. The van der Waals surface area contributed by atoms with Gasteiger partial charge in [0.15, 0.2) is 0 Å². The standard InChI is InChI=1S/C16H14N2O3/c19-15(10-13-3-1-2-7-17-13)18-8-6-11-9-12(16(20)21)4-5-14(11)18/h1-5,7,9H,6,8,10H2,(H,20,21). The molecule has 0 bridgehead atoms. The van der Waals surface area contributed by atoms with Crippen LogP contribution in [0.1, 0.15) is 21.6 Å². The number of benzene rings is 1. The Bertz CT molecular complexity index is 698. The van der Waals surface area contributed by atoms with Crippen LogP contribution in [0.15, 0.2) is 42.6 Å². The molecular formula is C16H14N2O3. The third-order valence-corrected chi connectivity index (χ3v) is 3.58. The Morgan fingerprint density at radius 2 is 2.10 bits per heavy atom. The SMILES string of the molecule is O=C(O)c1ccc2c(c1)CCN2C(=O)Cc1ccccn1. The van der Waals surface area contributed by atoms with E-state index in [2.05, 4.69) is 4.98 Å². The molecule has 5 heteroatoms. The molecule has 0 saturated carbocycles. The van der Waals surface area contributed by atoms with Gasteiger partial charge in [-0.1, -0.05) is 6.07 Å². The minimum absolute atomic E-state index is 0.0180. The van der Waals surface area contributed by atoms with E-state index in [1.807, 2.05) is 18.2 Å². The molecule has 0 saturated heterocycles. The second kappa shape index (κ2) is 5.36. The number of aromatic nitrogens is 1. The quantitative estimate of drug-likeness (QED) is 0.933. The number of anilines is 1. The van der Waals surface area contributed by atoms with Gasteiger partial charge >= 0.3 is 5.97 Å². The summed E-state index contributed by atoms with van der Waals surface area (Å²) in [5.41, 5.74) is 2.70. The maximum atomic E-state index is 12.4. The van der Waals surface area contributed by atoms with Crippen molar-refractivity contribution in [2.75, 3.05) is 11.4 Å². The molecule has 0 spiro atoms. The number of pyridine rings is 1. The van der Waals surface area contributed by atoms with Crippen molar-refractivity contribution in [1.82, 2.24) is 4.98 Å². The Labute approximate surface area is 121 Å². The average molecular weight is 282 g/mol. The van der Waals surface area contributed by atoms with E-state index < -0.39 is 5.97 Å². The van der Waals surface area contributed by atoms with E-state index >= 15 is 0 Å². The van der Waals surface area contributed by atoms with E-state index in [9.17, 15) is 9.59 Å². The predicted octanol–water partition coefficient (Wildman–Crippen LogP) is 1.91. The first-order valence-electron chi connectivity index (χ1n) is 6.71. The van der Waals surface area contributed by atoms with E-state index in [4.69, 9.17) is 5.11 Å². The molecule has 1 aromatic carbocycles. The van der Waals surface area contributed by atoms with Crippen molar-refractivity contribution < 1.29 is 14.7 Å². The number of carboxylic acids is 1. The van der Waals surface area contributed by atoms with Crippen molar-refractivity contribution in [3.63, 3.8) is 0 Å². The summed E-state index contributed by atoms with van der Waals surface area (Å²) >= 11 is 0. The van der Waals surface area contributed by atoms with E-state index in [-0.39, 0.29) is 17.9 Å². The number of carboxylic acid groups (broad SMARTS) is 1. The van der Waals surface area contributed by atoms with Gasteiger partial charge in [0.05, 0.1) is 12.0 Å². The van der Waals surface area contributed by atoms with Crippen molar-refractivity contribution in [2.24, 2.45) is 0 Å². The highest BCUT2D eigenvalue weighted by Crippen LogP contribution is 2.29. The Balaban J connectivity index is 1.81. The highest BCUT2D eigenvalue weighted by Gasteiger charge is 2.25. The molecule has 2 heterocycles. The van der Waals surface area contributed by atoms with Crippen molar-refractivity contribution in [2.45, 2.75) is 12.8 Å². The molecule has 1 aliphatic rings. The molecule has 3 rings (SSSR count). The fourth-order valence-electron chi connectivity index (χ4n) is 2.55. The van der Waals surface area contributed by atoms with Crippen molar-refractivity contribution >= 4 is 17.6 Å². The number of nitrogens with zero attached hydrogens (tertiary/aromatic N) is 2. The van der Waals surface area contributed by atoms with Gasteiger partial charge in [0.1, 0.15) is 0 Å². The minimum atomic E-state index is -0.948. The first-order chi connectivity index (χ1) is 10.1. The zero-order chi connectivity index (χ0) is 14.8. The van der Waals surface area contributed by atoms with Gasteiger partial charge in [-0.25, -0.2) is 4.79 Å². The summed E-state index contributed by atoms with van der Waals surface area (Å²) in [4.78, 5) is 29.2. The molecule has 21 heavy (non-hydrogen) atoms. The van der Waals surface area contributed by atoms with Gasteiger partial charge in [0.25, 0.3) is 0 Å². The summed E-state index contributed by atoms with van der Waals surface area (Å²) in [6.45, 7) is 0.587. The van der Waals surface area contributed by atoms with Crippen molar-refractivity contribution in [3.05, 3.63) is 59.4 Å². The van der Waals surface area contributed by atoms with Gasteiger partial charge in [-0.15, -0.1) is 0 Å². The first-order valence-corrected chi connectivity index (χ1v) is 6.71. The minimum Gasteiger partial charge on any atom is -0.478 e. The Morgan fingerprint density at radius 1 is 1.24 bits per heavy atom. The zero-order valence-corrected chi connectivity index (χ0v) is 11.3. The molecule has 2 aromatic rings. The van der Waals surface area contributed by atoms with Gasteiger partial charge in [-0.2, -0.15) is 0 Å². The number of amides is 1. The number of carbonyl (C=O) groups excluding carboxylic acids is 1. The Morgan fingerprint density at radius 3 is 2.81 bits per heavy atom. The molecule has 1 N–H and O–H groups in total. The number of rotatable bonds is 3. The molecule has 0 atom stereocenters. The normalized spacial score (nSPS) is 13.0. The van der Waals surface area contributed by atoms with Crippen LogP contribution in [0, 0.1) is 0 Å². The van der Waals surface area contributed by atoms with Gasteiger partial charge in [-0.3, -0.25) is 9.78 Å². The summed E-state index contributed by atoms with van der Waals surface area (Å²) in [6.07, 6.45) is 2.60. The molecule has 1 amide bonds. The average Bonchev–Trinajstić information content (AvgIpc) is 2.91. The highest BCUT2D eigenvalue weighted by molar-refractivity contribution is 5.97.